The van der Waals surface area contributed by atoms with Crippen molar-refractivity contribution in [1.82, 2.24) is 5.32 Å². The predicted molar refractivity (Wildman–Crippen MR) is 65.6 cm³/mol. The Morgan fingerprint density at radius 1 is 0.938 bits per heavy atom. The smallest absolute Gasteiger partial charge is 0.0981 e. The lowest BCUT2D eigenvalue weighted by Crippen LogP contribution is -2.02. The highest BCUT2D eigenvalue weighted by Crippen LogP contribution is 2.21. The Morgan fingerprint density at radius 2 is 1.88 bits per heavy atom. The Morgan fingerprint density at radius 3 is 2.88 bits per heavy atom. The zero-order chi connectivity index (χ0) is 10.8. The van der Waals surface area contributed by atoms with Crippen LogP contribution in [0.3, 0.4) is 0 Å². The zero-order valence-electron chi connectivity index (χ0n) is 8.68. The first-order chi connectivity index (χ1) is 7.93. The molecule has 0 fully saturated rings. The van der Waals surface area contributed by atoms with Crippen LogP contribution in [-0.4, -0.2) is 0 Å². The van der Waals surface area contributed by atoms with Gasteiger partial charge in [-0.2, -0.15) is 0 Å². The standard InChI is InChI=1S/C14H11NO/c1-2-4-14(15-7-3-1)11-5-6-12-9-16-10-13(12)8-11/h1-10,15H. The van der Waals surface area contributed by atoms with Crippen molar-refractivity contribution in [3.05, 3.63) is 66.8 Å². The highest BCUT2D eigenvalue weighted by Gasteiger charge is 2.02. The van der Waals surface area contributed by atoms with Crippen LogP contribution in [0.1, 0.15) is 5.56 Å². The molecule has 0 spiro atoms. The fourth-order valence-corrected chi connectivity index (χ4v) is 1.77. The minimum atomic E-state index is 1.09. The van der Waals surface area contributed by atoms with Gasteiger partial charge in [0.15, 0.2) is 0 Å². The molecule has 2 heteroatoms. The second-order valence-corrected chi connectivity index (χ2v) is 3.68. The van der Waals surface area contributed by atoms with Gasteiger partial charge in [0.2, 0.25) is 0 Å². The molecule has 1 N–H and O–H groups in total. The van der Waals surface area contributed by atoms with Gasteiger partial charge in [0.25, 0.3) is 0 Å². The minimum absolute atomic E-state index is 1.09. The highest BCUT2D eigenvalue weighted by atomic mass is 16.3. The van der Waals surface area contributed by atoms with E-state index in [-0.39, 0.29) is 0 Å². The van der Waals surface area contributed by atoms with Crippen LogP contribution in [0, 0.1) is 0 Å². The molecule has 0 bridgehead atoms. The highest BCUT2D eigenvalue weighted by molar-refractivity contribution is 5.85. The molecular formula is C14H11NO. The maximum atomic E-state index is 5.16. The van der Waals surface area contributed by atoms with Crippen molar-refractivity contribution in [2.24, 2.45) is 0 Å². The van der Waals surface area contributed by atoms with E-state index in [0.717, 1.165) is 22.0 Å². The molecule has 0 saturated heterocycles. The van der Waals surface area contributed by atoms with Crippen molar-refractivity contribution in [3.8, 4) is 0 Å². The zero-order valence-corrected chi connectivity index (χ0v) is 8.68. The lowest BCUT2D eigenvalue weighted by Gasteiger charge is -2.06. The lowest BCUT2D eigenvalue weighted by molar-refractivity contribution is 0.572. The number of hydrogen-bond acceptors (Lipinski definition) is 2. The SMILES string of the molecule is C1=CC=C(c2ccc3cocc3c2)NC=C1. The van der Waals surface area contributed by atoms with Gasteiger partial charge in [0.1, 0.15) is 0 Å². The fraction of sp³-hybridized carbons (Fsp3) is 0. The van der Waals surface area contributed by atoms with Gasteiger partial charge >= 0.3 is 0 Å². The van der Waals surface area contributed by atoms with Gasteiger partial charge < -0.3 is 9.73 Å². The van der Waals surface area contributed by atoms with Gasteiger partial charge in [-0.1, -0.05) is 24.3 Å². The fourth-order valence-electron chi connectivity index (χ4n) is 1.77. The number of allylic oxidation sites excluding steroid dienone is 4. The Hall–Kier alpha value is -2.22. The van der Waals surface area contributed by atoms with E-state index in [1.165, 1.54) is 0 Å². The summed E-state index contributed by atoms with van der Waals surface area (Å²) < 4.78 is 5.16. The summed E-state index contributed by atoms with van der Waals surface area (Å²) in [6.45, 7) is 0. The molecule has 78 valence electrons. The predicted octanol–water partition coefficient (Wildman–Crippen LogP) is 3.45. The molecule has 1 aromatic carbocycles. The van der Waals surface area contributed by atoms with E-state index >= 15 is 0 Å². The molecule has 2 aromatic rings. The van der Waals surface area contributed by atoms with Crippen LogP contribution < -0.4 is 5.32 Å². The minimum Gasteiger partial charge on any atom is -0.471 e. The Balaban J connectivity index is 2.08. The third-order valence-corrected chi connectivity index (χ3v) is 2.61. The molecule has 16 heavy (non-hydrogen) atoms. The summed E-state index contributed by atoms with van der Waals surface area (Å²) in [5, 5.41) is 5.49. The second-order valence-electron chi connectivity index (χ2n) is 3.68. The van der Waals surface area contributed by atoms with Crippen molar-refractivity contribution in [1.29, 1.82) is 0 Å². The van der Waals surface area contributed by atoms with Gasteiger partial charge in [-0.15, -0.1) is 0 Å². The Labute approximate surface area is 93.6 Å². The van der Waals surface area contributed by atoms with Crippen LogP contribution in [0.5, 0.6) is 0 Å². The number of furan rings is 1. The average molecular weight is 209 g/mol. The number of benzene rings is 1. The van der Waals surface area contributed by atoms with Crippen LogP contribution in [-0.2, 0) is 0 Å². The first kappa shape index (κ1) is 9.04. The monoisotopic (exact) mass is 209 g/mol. The molecule has 0 amide bonds. The normalized spacial score (nSPS) is 14.6. The van der Waals surface area contributed by atoms with Gasteiger partial charge in [0.05, 0.1) is 12.5 Å². The number of nitrogens with one attached hydrogen (secondary N) is 1. The second kappa shape index (κ2) is 3.74. The average Bonchev–Trinajstić information content (AvgIpc) is 2.61. The third kappa shape index (κ3) is 1.54. The molecule has 0 aliphatic carbocycles. The van der Waals surface area contributed by atoms with E-state index < -0.39 is 0 Å². The van der Waals surface area contributed by atoms with Crippen molar-refractivity contribution in [2.45, 2.75) is 0 Å². The molecule has 2 heterocycles. The number of rotatable bonds is 1. The van der Waals surface area contributed by atoms with Crippen molar-refractivity contribution < 1.29 is 4.42 Å². The molecule has 0 unspecified atom stereocenters. The molecule has 0 saturated carbocycles. The summed E-state index contributed by atoms with van der Waals surface area (Å²) in [4.78, 5) is 0. The van der Waals surface area contributed by atoms with Crippen LogP contribution in [0.25, 0.3) is 16.5 Å². The maximum absolute atomic E-state index is 5.16. The van der Waals surface area contributed by atoms with Gasteiger partial charge in [0, 0.05) is 22.7 Å². The molecule has 2 nitrogen and oxygen atoms in total. The number of fused-ring (bicyclic) bond motifs is 1. The summed E-state index contributed by atoms with van der Waals surface area (Å²) in [6.07, 6.45) is 13.5. The Kier molecular flexibility index (Phi) is 2.11. The van der Waals surface area contributed by atoms with Gasteiger partial charge in [-0.05, 0) is 23.8 Å². The molecular weight excluding hydrogens is 198 g/mol. The van der Waals surface area contributed by atoms with E-state index in [9.17, 15) is 0 Å². The summed E-state index contributed by atoms with van der Waals surface area (Å²) in [6, 6.07) is 6.27. The number of hydrogen-bond donors (Lipinski definition) is 1. The quantitative estimate of drug-likeness (QED) is 0.778. The van der Waals surface area contributed by atoms with E-state index in [2.05, 4.69) is 29.6 Å². The van der Waals surface area contributed by atoms with E-state index in [1.54, 1.807) is 12.5 Å². The molecule has 1 aliphatic heterocycles. The summed E-state index contributed by atoms with van der Waals surface area (Å²) in [5.74, 6) is 0. The molecule has 0 radical (unpaired) electrons. The summed E-state index contributed by atoms with van der Waals surface area (Å²) in [5.41, 5.74) is 2.25. The summed E-state index contributed by atoms with van der Waals surface area (Å²) >= 11 is 0. The summed E-state index contributed by atoms with van der Waals surface area (Å²) in [7, 11) is 0. The maximum Gasteiger partial charge on any atom is 0.0981 e. The first-order valence-corrected chi connectivity index (χ1v) is 5.20. The largest absolute Gasteiger partial charge is 0.471 e. The van der Waals surface area contributed by atoms with Gasteiger partial charge in [-0.3, -0.25) is 0 Å². The van der Waals surface area contributed by atoms with Crippen LogP contribution >= 0.6 is 0 Å². The van der Waals surface area contributed by atoms with Crippen LogP contribution in [0.2, 0.25) is 0 Å². The van der Waals surface area contributed by atoms with Crippen LogP contribution in [0.15, 0.2) is 65.6 Å². The van der Waals surface area contributed by atoms with Crippen molar-refractivity contribution in [3.63, 3.8) is 0 Å². The lowest BCUT2D eigenvalue weighted by atomic mass is 10.1. The molecule has 1 aliphatic rings. The van der Waals surface area contributed by atoms with E-state index in [4.69, 9.17) is 4.42 Å². The third-order valence-electron chi connectivity index (χ3n) is 2.61. The molecule has 1 aromatic heterocycles. The molecule has 0 atom stereocenters. The first-order valence-electron chi connectivity index (χ1n) is 5.20. The van der Waals surface area contributed by atoms with Crippen LogP contribution in [0.4, 0.5) is 0 Å². The van der Waals surface area contributed by atoms with E-state index in [0.29, 0.717) is 0 Å². The topological polar surface area (TPSA) is 25.2 Å². The van der Waals surface area contributed by atoms with E-state index in [1.807, 2.05) is 24.4 Å². The molecule has 3 rings (SSSR count). The van der Waals surface area contributed by atoms with Crippen molar-refractivity contribution in [2.75, 3.05) is 0 Å². The van der Waals surface area contributed by atoms with Crippen molar-refractivity contribution >= 4 is 16.5 Å². The van der Waals surface area contributed by atoms with Gasteiger partial charge in [-0.25, -0.2) is 0 Å². The Bertz CT molecular complexity index is 602.